The van der Waals surface area contributed by atoms with Gasteiger partial charge in [0.1, 0.15) is 11.6 Å². The summed E-state index contributed by atoms with van der Waals surface area (Å²) in [4.78, 5) is 16.6. The van der Waals surface area contributed by atoms with E-state index in [1.165, 1.54) is 6.07 Å². The monoisotopic (exact) mass is 369 g/mol. The molecular weight excluding hydrogens is 353 g/mol. The van der Waals surface area contributed by atoms with Crippen molar-refractivity contribution >= 4 is 23.2 Å². The SMILES string of the molecule is Cc1nccn1-c1ccc(NC(=O)C2CC2c2ccccc2Cl)cc1F. The lowest BCUT2D eigenvalue weighted by atomic mass is 10.1. The molecule has 1 saturated carbocycles. The molecule has 1 aliphatic carbocycles. The molecule has 3 aromatic rings. The van der Waals surface area contributed by atoms with Gasteiger partial charge in [0.2, 0.25) is 5.91 Å². The molecule has 1 amide bonds. The van der Waals surface area contributed by atoms with Crippen LogP contribution in [0.2, 0.25) is 5.02 Å². The van der Waals surface area contributed by atoms with Crippen LogP contribution in [0.15, 0.2) is 54.9 Å². The van der Waals surface area contributed by atoms with E-state index >= 15 is 0 Å². The Morgan fingerprint density at radius 1 is 1.31 bits per heavy atom. The standard InChI is InChI=1S/C20H17ClFN3O/c1-12-23-8-9-25(12)19-7-6-13(10-18(19)22)24-20(26)16-11-15(16)14-4-2-3-5-17(14)21/h2-10,15-16H,11H2,1H3,(H,24,26). The third-order valence-corrected chi connectivity index (χ3v) is 5.08. The van der Waals surface area contributed by atoms with Gasteiger partial charge >= 0.3 is 0 Å². The number of nitrogens with one attached hydrogen (secondary N) is 1. The molecule has 1 aromatic heterocycles. The highest BCUT2D eigenvalue weighted by atomic mass is 35.5. The Balaban J connectivity index is 1.47. The summed E-state index contributed by atoms with van der Waals surface area (Å²) in [6, 6.07) is 12.2. The number of aromatic nitrogens is 2. The first kappa shape index (κ1) is 16.8. The second-order valence-corrected chi connectivity index (χ2v) is 6.88. The first-order valence-electron chi connectivity index (χ1n) is 8.40. The number of anilines is 1. The maximum atomic E-state index is 14.4. The van der Waals surface area contributed by atoms with E-state index in [-0.39, 0.29) is 17.7 Å². The van der Waals surface area contributed by atoms with Crippen LogP contribution in [-0.2, 0) is 4.79 Å². The van der Waals surface area contributed by atoms with Gasteiger partial charge in [-0.3, -0.25) is 4.79 Å². The van der Waals surface area contributed by atoms with Crippen LogP contribution in [0.3, 0.4) is 0 Å². The molecule has 2 atom stereocenters. The van der Waals surface area contributed by atoms with Gasteiger partial charge in [0, 0.05) is 29.0 Å². The number of rotatable bonds is 4. The van der Waals surface area contributed by atoms with Gasteiger partial charge in [-0.1, -0.05) is 29.8 Å². The molecule has 1 fully saturated rings. The molecule has 2 unspecified atom stereocenters. The molecular formula is C20H17ClFN3O. The summed E-state index contributed by atoms with van der Waals surface area (Å²) in [5.41, 5.74) is 1.84. The molecule has 2 aromatic carbocycles. The average molecular weight is 370 g/mol. The highest BCUT2D eigenvalue weighted by Crippen LogP contribution is 2.50. The molecule has 6 heteroatoms. The number of hydrogen-bond donors (Lipinski definition) is 1. The molecule has 0 aliphatic heterocycles. The van der Waals surface area contributed by atoms with Gasteiger partial charge in [0.25, 0.3) is 0 Å². The van der Waals surface area contributed by atoms with E-state index in [0.717, 1.165) is 12.0 Å². The van der Waals surface area contributed by atoms with Crippen molar-refractivity contribution in [3.63, 3.8) is 0 Å². The zero-order valence-electron chi connectivity index (χ0n) is 14.1. The molecule has 0 spiro atoms. The van der Waals surface area contributed by atoms with Crippen LogP contribution in [0.4, 0.5) is 10.1 Å². The summed E-state index contributed by atoms with van der Waals surface area (Å²) in [5.74, 6) is 0.166. The number of imidazole rings is 1. The highest BCUT2D eigenvalue weighted by molar-refractivity contribution is 6.31. The summed E-state index contributed by atoms with van der Waals surface area (Å²) >= 11 is 6.20. The molecule has 4 rings (SSSR count). The number of carbonyl (C=O) groups excluding carboxylic acids is 1. The van der Waals surface area contributed by atoms with Gasteiger partial charge < -0.3 is 9.88 Å². The Morgan fingerprint density at radius 2 is 2.12 bits per heavy atom. The zero-order valence-corrected chi connectivity index (χ0v) is 14.9. The molecule has 26 heavy (non-hydrogen) atoms. The van der Waals surface area contributed by atoms with Gasteiger partial charge in [-0.05, 0) is 49.1 Å². The third kappa shape index (κ3) is 3.10. The second kappa shape index (κ2) is 6.57. The molecule has 0 radical (unpaired) electrons. The van der Waals surface area contributed by atoms with E-state index in [0.29, 0.717) is 22.2 Å². The van der Waals surface area contributed by atoms with E-state index in [2.05, 4.69) is 10.3 Å². The minimum atomic E-state index is -0.414. The van der Waals surface area contributed by atoms with E-state index in [1.54, 1.807) is 36.0 Å². The lowest BCUT2D eigenvalue weighted by Gasteiger charge is -2.10. The fraction of sp³-hybridized carbons (Fsp3) is 0.200. The van der Waals surface area contributed by atoms with Crippen LogP contribution in [0.5, 0.6) is 0 Å². The van der Waals surface area contributed by atoms with Crippen molar-refractivity contribution in [1.29, 1.82) is 0 Å². The van der Waals surface area contributed by atoms with Crippen molar-refractivity contribution in [2.24, 2.45) is 5.92 Å². The van der Waals surface area contributed by atoms with Crippen molar-refractivity contribution in [3.8, 4) is 5.69 Å². The molecule has 0 bridgehead atoms. The van der Waals surface area contributed by atoms with Gasteiger partial charge in [0.15, 0.2) is 0 Å². The molecule has 0 saturated heterocycles. The molecule has 1 N–H and O–H groups in total. The van der Waals surface area contributed by atoms with Crippen LogP contribution < -0.4 is 5.32 Å². The fourth-order valence-corrected chi connectivity index (χ4v) is 3.53. The topological polar surface area (TPSA) is 46.9 Å². The van der Waals surface area contributed by atoms with Crippen LogP contribution in [0.1, 0.15) is 23.7 Å². The number of amides is 1. The zero-order chi connectivity index (χ0) is 18.3. The van der Waals surface area contributed by atoms with Crippen molar-refractivity contribution < 1.29 is 9.18 Å². The smallest absolute Gasteiger partial charge is 0.228 e. The first-order valence-corrected chi connectivity index (χ1v) is 8.77. The summed E-state index contributed by atoms with van der Waals surface area (Å²) < 4.78 is 16.1. The normalized spacial score (nSPS) is 18.6. The largest absolute Gasteiger partial charge is 0.326 e. The van der Waals surface area contributed by atoms with Crippen LogP contribution in [0, 0.1) is 18.7 Å². The lowest BCUT2D eigenvalue weighted by molar-refractivity contribution is -0.117. The second-order valence-electron chi connectivity index (χ2n) is 6.47. The van der Waals surface area contributed by atoms with Crippen LogP contribution in [0.25, 0.3) is 5.69 Å². The van der Waals surface area contributed by atoms with Gasteiger partial charge in [-0.2, -0.15) is 0 Å². The maximum absolute atomic E-state index is 14.4. The Hall–Kier alpha value is -2.66. The minimum absolute atomic E-state index is 0.110. The van der Waals surface area contributed by atoms with Gasteiger partial charge in [-0.25, -0.2) is 9.37 Å². The lowest BCUT2D eigenvalue weighted by Crippen LogP contribution is -2.15. The van der Waals surface area contributed by atoms with Crippen molar-refractivity contribution in [1.82, 2.24) is 9.55 Å². The number of benzene rings is 2. The van der Waals surface area contributed by atoms with E-state index in [4.69, 9.17) is 11.6 Å². The number of carbonyl (C=O) groups is 1. The maximum Gasteiger partial charge on any atom is 0.228 e. The van der Waals surface area contributed by atoms with Gasteiger partial charge in [-0.15, -0.1) is 0 Å². The molecule has 132 valence electrons. The quantitative estimate of drug-likeness (QED) is 0.723. The number of nitrogens with zero attached hydrogens (tertiary/aromatic N) is 2. The van der Waals surface area contributed by atoms with Crippen LogP contribution >= 0.6 is 11.6 Å². The molecule has 1 aliphatic rings. The Labute approximate surface area is 155 Å². The van der Waals surface area contributed by atoms with E-state index in [9.17, 15) is 9.18 Å². The third-order valence-electron chi connectivity index (χ3n) is 4.73. The summed E-state index contributed by atoms with van der Waals surface area (Å²) in [7, 11) is 0. The van der Waals surface area contributed by atoms with Crippen molar-refractivity contribution in [3.05, 3.63) is 77.1 Å². The predicted molar refractivity (Wildman–Crippen MR) is 99.2 cm³/mol. The van der Waals surface area contributed by atoms with Gasteiger partial charge in [0.05, 0.1) is 5.69 Å². The van der Waals surface area contributed by atoms with Crippen molar-refractivity contribution in [2.45, 2.75) is 19.3 Å². The summed E-state index contributed by atoms with van der Waals surface area (Å²) in [5, 5.41) is 3.48. The first-order chi connectivity index (χ1) is 12.5. The average Bonchev–Trinajstić information content (AvgIpc) is 3.30. The molecule has 4 nitrogen and oxygen atoms in total. The number of halogens is 2. The Bertz CT molecular complexity index is 985. The molecule has 1 heterocycles. The Kier molecular flexibility index (Phi) is 4.24. The number of hydrogen-bond acceptors (Lipinski definition) is 2. The Morgan fingerprint density at radius 3 is 2.81 bits per heavy atom. The summed E-state index contributed by atoms with van der Waals surface area (Å²) in [6.45, 7) is 1.80. The number of aryl methyl sites for hydroxylation is 1. The highest BCUT2D eigenvalue weighted by Gasteiger charge is 2.44. The minimum Gasteiger partial charge on any atom is -0.326 e. The van der Waals surface area contributed by atoms with E-state index in [1.807, 2.05) is 24.3 Å². The van der Waals surface area contributed by atoms with E-state index < -0.39 is 5.82 Å². The fourth-order valence-electron chi connectivity index (χ4n) is 3.25. The van der Waals surface area contributed by atoms with Crippen molar-refractivity contribution in [2.75, 3.05) is 5.32 Å². The van der Waals surface area contributed by atoms with Crippen LogP contribution in [-0.4, -0.2) is 15.5 Å². The summed E-state index contributed by atoms with van der Waals surface area (Å²) in [6.07, 6.45) is 4.07. The predicted octanol–water partition coefficient (Wildman–Crippen LogP) is 4.72.